The molecule has 0 radical (unpaired) electrons. The first-order valence-electron chi connectivity index (χ1n) is 8.45. The number of nitro benzene ring substituents is 1. The van der Waals surface area contributed by atoms with E-state index in [4.69, 9.17) is 0 Å². The molecule has 27 heavy (non-hydrogen) atoms. The zero-order chi connectivity index (χ0) is 19.6. The number of nitrogens with one attached hydrogen (secondary N) is 1. The van der Waals surface area contributed by atoms with Crippen LogP contribution >= 0.6 is 0 Å². The number of sulfonamides is 1. The van der Waals surface area contributed by atoms with Gasteiger partial charge in [0.25, 0.3) is 11.6 Å². The summed E-state index contributed by atoms with van der Waals surface area (Å²) >= 11 is 0. The number of anilines is 2. The lowest BCUT2D eigenvalue weighted by Gasteiger charge is -2.29. The van der Waals surface area contributed by atoms with Gasteiger partial charge in [0.05, 0.1) is 16.4 Å². The molecule has 1 fully saturated rings. The van der Waals surface area contributed by atoms with Crippen molar-refractivity contribution in [3.63, 3.8) is 0 Å². The predicted octanol–water partition coefficient (Wildman–Crippen LogP) is 3.09. The number of hydrogen-bond acceptors (Lipinski definition) is 5. The van der Waals surface area contributed by atoms with E-state index >= 15 is 0 Å². The van der Waals surface area contributed by atoms with Crippen LogP contribution in [0.1, 0.15) is 28.8 Å². The van der Waals surface area contributed by atoms with Crippen molar-refractivity contribution >= 4 is 33.0 Å². The minimum atomic E-state index is -3.41. The minimum Gasteiger partial charge on any atom is -0.316 e. The molecule has 0 atom stereocenters. The van der Waals surface area contributed by atoms with Gasteiger partial charge in [-0.25, -0.2) is 8.42 Å². The largest absolute Gasteiger partial charge is 0.316 e. The molecule has 142 valence electrons. The van der Waals surface area contributed by atoms with E-state index in [9.17, 15) is 23.3 Å². The summed E-state index contributed by atoms with van der Waals surface area (Å²) in [6.45, 7) is 2.15. The van der Waals surface area contributed by atoms with Gasteiger partial charge in [-0.2, -0.15) is 0 Å². The van der Waals surface area contributed by atoms with Crippen LogP contribution in [-0.2, 0) is 10.0 Å². The Morgan fingerprint density at radius 1 is 1.19 bits per heavy atom. The first-order chi connectivity index (χ1) is 12.8. The highest BCUT2D eigenvalue weighted by Gasteiger charge is 2.27. The van der Waals surface area contributed by atoms with Crippen LogP contribution in [0.5, 0.6) is 0 Å². The van der Waals surface area contributed by atoms with Crippen LogP contribution in [0, 0.1) is 17.0 Å². The van der Waals surface area contributed by atoms with Crippen LogP contribution in [0.15, 0.2) is 42.5 Å². The lowest BCUT2D eigenvalue weighted by Crippen LogP contribution is -2.38. The van der Waals surface area contributed by atoms with Gasteiger partial charge in [-0.3, -0.25) is 19.2 Å². The third-order valence-electron chi connectivity index (χ3n) is 4.44. The quantitative estimate of drug-likeness (QED) is 0.638. The van der Waals surface area contributed by atoms with Crippen molar-refractivity contribution in [2.24, 2.45) is 0 Å². The fourth-order valence-corrected chi connectivity index (χ4v) is 4.70. The Bertz CT molecular complexity index is 1000. The van der Waals surface area contributed by atoms with E-state index in [1.54, 1.807) is 25.1 Å². The molecule has 0 spiro atoms. The lowest BCUT2D eigenvalue weighted by molar-refractivity contribution is -0.383. The zero-order valence-corrected chi connectivity index (χ0v) is 15.5. The highest BCUT2D eigenvalue weighted by molar-refractivity contribution is 7.92. The van der Waals surface area contributed by atoms with E-state index in [-0.39, 0.29) is 22.7 Å². The molecule has 0 saturated carbocycles. The molecular formula is C18H19N3O5S. The Morgan fingerprint density at radius 2 is 1.93 bits per heavy atom. The predicted molar refractivity (Wildman–Crippen MR) is 103 cm³/mol. The van der Waals surface area contributed by atoms with E-state index in [1.165, 1.54) is 28.6 Å². The van der Waals surface area contributed by atoms with Crippen LogP contribution in [0.25, 0.3) is 0 Å². The Kier molecular flexibility index (Phi) is 5.13. The number of carbonyl (C=O) groups excluding carboxylic acids is 1. The monoisotopic (exact) mass is 389 g/mol. The molecule has 1 saturated heterocycles. The molecule has 8 nitrogen and oxygen atoms in total. The van der Waals surface area contributed by atoms with Crippen molar-refractivity contribution in [2.75, 3.05) is 21.9 Å². The standard InChI is InChI=1S/C18H19N3O5S/c1-13-8-9-14(12-17(13)20-10-4-5-11-27(20,25)26)18(22)19-15-6-2-3-7-16(15)21(23)24/h2-3,6-9,12H,4-5,10-11H2,1H3,(H,19,22). The number of nitro groups is 1. The Morgan fingerprint density at radius 3 is 2.63 bits per heavy atom. The Hall–Kier alpha value is -2.94. The summed E-state index contributed by atoms with van der Waals surface area (Å²) in [6.07, 6.45) is 1.38. The summed E-state index contributed by atoms with van der Waals surface area (Å²) in [7, 11) is -3.41. The molecule has 1 heterocycles. The first-order valence-corrected chi connectivity index (χ1v) is 10.1. The third kappa shape index (κ3) is 3.92. The summed E-state index contributed by atoms with van der Waals surface area (Å²) in [5.74, 6) is -0.459. The summed E-state index contributed by atoms with van der Waals surface area (Å²) in [5, 5.41) is 13.6. The first kappa shape index (κ1) is 18.8. The van der Waals surface area contributed by atoms with Crippen molar-refractivity contribution < 1.29 is 18.1 Å². The molecular weight excluding hydrogens is 370 g/mol. The van der Waals surface area contributed by atoms with E-state index < -0.39 is 20.9 Å². The van der Waals surface area contributed by atoms with E-state index in [1.807, 2.05) is 0 Å². The maximum atomic E-state index is 12.6. The van der Waals surface area contributed by atoms with Crippen molar-refractivity contribution in [1.29, 1.82) is 0 Å². The van der Waals surface area contributed by atoms with Gasteiger partial charge in [0.2, 0.25) is 10.0 Å². The molecule has 9 heteroatoms. The maximum Gasteiger partial charge on any atom is 0.292 e. The molecule has 1 amide bonds. The molecule has 1 N–H and O–H groups in total. The Labute approximate surface area is 157 Å². The van der Waals surface area contributed by atoms with Crippen molar-refractivity contribution in [2.45, 2.75) is 19.8 Å². The van der Waals surface area contributed by atoms with Crippen LogP contribution in [0.3, 0.4) is 0 Å². The van der Waals surface area contributed by atoms with Gasteiger partial charge in [0.15, 0.2) is 0 Å². The Balaban J connectivity index is 1.92. The number of amides is 1. The van der Waals surface area contributed by atoms with E-state index in [0.717, 1.165) is 12.0 Å². The zero-order valence-electron chi connectivity index (χ0n) is 14.7. The number of rotatable bonds is 4. The molecule has 1 aliphatic heterocycles. The second-order valence-electron chi connectivity index (χ2n) is 6.32. The van der Waals surface area contributed by atoms with Gasteiger partial charge in [-0.1, -0.05) is 18.2 Å². The molecule has 0 unspecified atom stereocenters. The van der Waals surface area contributed by atoms with Crippen LogP contribution < -0.4 is 9.62 Å². The average Bonchev–Trinajstić information content (AvgIpc) is 2.62. The second-order valence-corrected chi connectivity index (χ2v) is 8.34. The van der Waals surface area contributed by atoms with E-state index in [2.05, 4.69) is 5.32 Å². The number of aryl methyl sites for hydroxylation is 1. The number of hydrogen-bond donors (Lipinski definition) is 1. The van der Waals surface area contributed by atoms with Gasteiger partial charge >= 0.3 is 0 Å². The highest BCUT2D eigenvalue weighted by atomic mass is 32.2. The number of benzene rings is 2. The molecule has 1 aliphatic rings. The third-order valence-corrected chi connectivity index (χ3v) is 6.29. The topological polar surface area (TPSA) is 110 Å². The van der Waals surface area contributed by atoms with Crippen LogP contribution in [0.4, 0.5) is 17.1 Å². The SMILES string of the molecule is Cc1ccc(C(=O)Nc2ccccc2[N+](=O)[O-])cc1N1CCCCS1(=O)=O. The van der Waals surface area contributed by atoms with Crippen molar-refractivity contribution in [3.8, 4) is 0 Å². The molecule has 2 aromatic rings. The van der Waals surface area contributed by atoms with Gasteiger partial charge in [0.1, 0.15) is 5.69 Å². The van der Waals surface area contributed by atoms with Gasteiger partial charge in [-0.05, 0) is 43.5 Å². The summed E-state index contributed by atoms with van der Waals surface area (Å²) < 4.78 is 26.1. The van der Waals surface area contributed by atoms with Gasteiger partial charge < -0.3 is 5.32 Å². The van der Waals surface area contributed by atoms with Gasteiger partial charge in [-0.15, -0.1) is 0 Å². The van der Waals surface area contributed by atoms with Gasteiger partial charge in [0, 0.05) is 18.2 Å². The number of para-hydroxylation sites is 2. The normalized spacial score (nSPS) is 16.0. The second kappa shape index (κ2) is 7.36. The lowest BCUT2D eigenvalue weighted by atomic mass is 10.1. The summed E-state index contributed by atoms with van der Waals surface area (Å²) in [4.78, 5) is 23.1. The minimum absolute atomic E-state index is 0.0824. The molecule has 0 aromatic heterocycles. The van der Waals surface area contributed by atoms with Crippen LogP contribution in [0.2, 0.25) is 0 Å². The fraction of sp³-hybridized carbons (Fsp3) is 0.278. The average molecular weight is 389 g/mol. The van der Waals surface area contributed by atoms with E-state index in [0.29, 0.717) is 18.7 Å². The molecule has 2 aromatic carbocycles. The number of carbonyl (C=O) groups is 1. The number of nitrogens with zero attached hydrogens (tertiary/aromatic N) is 2. The summed E-state index contributed by atoms with van der Waals surface area (Å²) in [6, 6.07) is 10.6. The molecule has 3 rings (SSSR count). The van der Waals surface area contributed by atoms with Crippen molar-refractivity contribution in [1.82, 2.24) is 0 Å². The molecule has 0 bridgehead atoms. The smallest absolute Gasteiger partial charge is 0.292 e. The van der Waals surface area contributed by atoms with Crippen LogP contribution in [-0.4, -0.2) is 31.5 Å². The fourth-order valence-electron chi connectivity index (χ4n) is 3.01. The van der Waals surface area contributed by atoms with Crippen molar-refractivity contribution in [3.05, 3.63) is 63.7 Å². The summed E-state index contributed by atoms with van der Waals surface area (Å²) in [5.41, 5.74) is 1.30. The molecule has 0 aliphatic carbocycles. The maximum absolute atomic E-state index is 12.6. The highest BCUT2D eigenvalue weighted by Crippen LogP contribution is 2.29.